The number of hydrogen-bond donors (Lipinski definition) is 2. The number of hydrazine groups is 1. The first-order chi connectivity index (χ1) is 7.58. The van der Waals surface area contributed by atoms with E-state index in [9.17, 15) is 9.59 Å². The smallest absolute Gasteiger partial charge is 0.309 e. The Labute approximate surface area is 97.5 Å². The molecule has 0 bridgehead atoms. The first-order valence-corrected chi connectivity index (χ1v) is 4.82. The molecule has 0 saturated heterocycles. The van der Waals surface area contributed by atoms with Crippen LogP contribution in [0.3, 0.4) is 0 Å². The number of ether oxygens (including phenoxy) is 1. The number of hydrogen-bond acceptors (Lipinski definition) is 4. The summed E-state index contributed by atoms with van der Waals surface area (Å²) in [5.41, 5.74) is 2.91. The molecule has 0 fully saturated rings. The SMILES string of the molecule is COC(=O)Cc1ccc(C(=O)NN)c(Cl)c1. The van der Waals surface area contributed by atoms with Gasteiger partial charge >= 0.3 is 5.97 Å². The van der Waals surface area contributed by atoms with Gasteiger partial charge in [0.1, 0.15) is 0 Å². The fourth-order valence-corrected chi connectivity index (χ4v) is 1.46. The van der Waals surface area contributed by atoms with E-state index in [1.807, 2.05) is 5.43 Å². The van der Waals surface area contributed by atoms with Gasteiger partial charge in [-0.1, -0.05) is 17.7 Å². The first kappa shape index (κ1) is 12.5. The summed E-state index contributed by atoms with van der Waals surface area (Å²) in [5.74, 6) is 4.14. The molecule has 0 aliphatic heterocycles. The molecule has 1 rings (SSSR count). The summed E-state index contributed by atoms with van der Waals surface area (Å²) in [7, 11) is 1.31. The third kappa shape index (κ3) is 2.95. The Morgan fingerprint density at radius 3 is 2.69 bits per heavy atom. The monoisotopic (exact) mass is 242 g/mol. The number of carbonyl (C=O) groups excluding carboxylic acids is 2. The van der Waals surface area contributed by atoms with E-state index in [4.69, 9.17) is 17.4 Å². The van der Waals surface area contributed by atoms with Crippen molar-refractivity contribution in [3.63, 3.8) is 0 Å². The third-order valence-electron chi connectivity index (χ3n) is 1.99. The van der Waals surface area contributed by atoms with Gasteiger partial charge in [0.25, 0.3) is 5.91 Å². The largest absolute Gasteiger partial charge is 0.469 e. The summed E-state index contributed by atoms with van der Waals surface area (Å²) in [6.45, 7) is 0. The fourth-order valence-electron chi connectivity index (χ4n) is 1.17. The van der Waals surface area contributed by atoms with Crippen molar-refractivity contribution in [3.05, 3.63) is 34.3 Å². The molecule has 6 heteroatoms. The number of nitrogens with two attached hydrogens (primary N) is 1. The molecular formula is C10H11ClN2O3. The van der Waals surface area contributed by atoms with Gasteiger partial charge in [-0.05, 0) is 17.7 Å². The number of amides is 1. The Balaban J connectivity index is 2.91. The van der Waals surface area contributed by atoms with E-state index in [-0.39, 0.29) is 23.0 Å². The molecule has 16 heavy (non-hydrogen) atoms. The molecule has 0 aliphatic carbocycles. The Kier molecular flexibility index (Phi) is 4.28. The molecule has 3 N–H and O–H groups in total. The van der Waals surface area contributed by atoms with Crippen LogP contribution in [0.4, 0.5) is 0 Å². The minimum Gasteiger partial charge on any atom is -0.469 e. The molecule has 5 nitrogen and oxygen atoms in total. The molecule has 1 aromatic carbocycles. The van der Waals surface area contributed by atoms with Gasteiger partial charge in [-0.25, -0.2) is 5.84 Å². The fraction of sp³-hybridized carbons (Fsp3) is 0.200. The third-order valence-corrected chi connectivity index (χ3v) is 2.30. The Bertz CT molecular complexity index is 421. The number of nitrogens with one attached hydrogen (secondary N) is 1. The van der Waals surface area contributed by atoms with Crippen molar-refractivity contribution in [3.8, 4) is 0 Å². The van der Waals surface area contributed by atoms with Gasteiger partial charge in [0.15, 0.2) is 0 Å². The summed E-state index contributed by atoms with van der Waals surface area (Å²) in [6, 6.07) is 4.65. The highest BCUT2D eigenvalue weighted by Gasteiger charge is 2.10. The molecule has 0 atom stereocenters. The molecule has 0 spiro atoms. The number of carbonyl (C=O) groups is 2. The molecule has 0 aromatic heterocycles. The predicted octanol–water partition coefficient (Wildman–Crippen LogP) is 0.659. The molecule has 1 aromatic rings. The highest BCUT2D eigenvalue weighted by atomic mass is 35.5. The number of nitrogen functional groups attached to an aromatic ring is 1. The summed E-state index contributed by atoms with van der Waals surface area (Å²) < 4.78 is 4.51. The van der Waals surface area contributed by atoms with Crippen molar-refractivity contribution in [1.29, 1.82) is 0 Å². The highest BCUT2D eigenvalue weighted by Crippen LogP contribution is 2.18. The lowest BCUT2D eigenvalue weighted by molar-refractivity contribution is -0.139. The van der Waals surface area contributed by atoms with E-state index < -0.39 is 5.91 Å². The van der Waals surface area contributed by atoms with E-state index in [1.165, 1.54) is 19.2 Å². The number of methoxy groups -OCH3 is 1. The number of halogens is 1. The Hall–Kier alpha value is -1.59. The van der Waals surface area contributed by atoms with Gasteiger partial charge in [0.05, 0.1) is 24.1 Å². The maximum absolute atomic E-state index is 11.2. The minimum absolute atomic E-state index is 0.112. The Morgan fingerprint density at radius 2 is 2.19 bits per heavy atom. The van der Waals surface area contributed by atoms with Gasteiger partial charge in [-0.3, -0.25) is 15.0 Å². The molecule has 0 saturated carbocycles. The van der Waals surface area contributed by atoms with Crippen molar-refractivity contribution in [2.75, 3.05) is 7.11 Å². The van der Waals surface area contributed by atoms with Gasteiger partial charge in [-0.15, -0.1) is 0 Å². The first-order valence-electron chi connectivity index (χ1n) is 4.44. The van der Waals surface area contributed by atoms with Crippen LogP contribution in [0.1, 0.15) is 15.9 Å². The molecule has 86 valence electrons. The van der Waals surface area contributed by atoms with Crippen molar-refractivity contribution in [2.24, 2.45) is 5.84 Å². The van der Waals surface area contributed by atoms with E-state index in [1.54, 1.807) is 6.07 Å². The van der Waals surface area contributed by atoms with E-state index in [2.05, 4.69) is 4.74 Å². The van der Waals surface area contributed by atoms with Crippen molar-refractivity contribution >= 4 is 23.5 Å². The maximum atomic E-state index is 11.2. The predicted molar refractivity (Wildman–Crippen MR) is 58.8 cm³/mol. The molecule has 0 radical (unpaired) electrons. The van der Waals surface area contributed by atoms with Gasteiger partial charge in [0.2, 0.25) is 0 Å². The minimum atomic E-state index is -0.477. The van der Waals surface area contributed by atoms with Crippen molar-refractivity contribution in [2.45, 2.75) is 6.42 Å². The van der Waals surface area contributed by atoms with Crippen LogP contribution >= 0.6 is 11.6 Å². The number of rotatable bonds is 3. The van der Waals surface area contributed by atoms with Gasteiger partial charge < -0.3 is 4.74 Å². The van der Waals surface area contributed by atoms with Gasteiger partial charge in [-0.2, -0.15) is 0 Å². The summed E-state index contributed by atoms with van der Waals surface area (Å²) in [6.07, 6.45) is 0.112. The van der Waals surface area contributed by atoms with Crippen LogP contribution < -0.4 is 11.3 Å². The average molecular weight is 243 g/mol. The van der Waals surface area contributed by atoms with Crippen molar-refractivity contribution in [1.82, 2.24) is 5.43 Å². The van der Waals surface area contributed by atoms with Crippen LogP contribution in [0.5, 0.6) is 0 Å². The van der Waals surface area contributed by atoms with Crippen LogP contribution in [0.25, 0.3) is 0 Å². The van der Waals surface area contributed by atoms with Crippen molar-refractivity contribution < 1.29 is 14.3 Å². The second-order valence-corrected chi connectivity index (χ2v) is 3.45. The molecular weight excluding hydrogens is 232 g/mol. The molecule has 0 unspecified atom stereocenters. The zero-order valence-corrected chi connectivity index (χ0v) is 9.38. The van der Waals surface area contributed by atoms with E-state index in [0.29, 0.717) is 5.56 Å². The van der Waals surface area contributed by atoms with Crippen LogP contribution in [0.15, 0.2) is 18.2 Å². The molecule has 1 amide bonds. The van der Waals surface area contributed by atoms with Crippen LogP contribution in [-0.2, 0) is 16.0 Å². The molecule has 0 heterocycles. The standard InChI is InChI=1S/C10H11ClN2O3/c1-16-9(14)5-6-2-3-7(8(11)4-6)10(15)13-12/h2-4H,5,12H2,1H3,(H,13,15). The highest BCUT2D eigenvalue weighted by molar-refractivity contribution is 6.33. The average Bonchev–Trinajstić information content (AvgIpc) is 2.28. The summed E-state index contributed by atoms with van der Waals surface area (Å²) >= 11 is 5.86. The summed E-state index contributed by atoms with van der Waals surface area (Å²) in [4.78, 5) is 22.2. The normalized spacial score (nSPS) is 9.69. The zero-order valence-electron chi connectivity index (χ0n) is 8.62. The Morgan fingerprint density at radius 1 is 1.50 bits per heavy atom. The maximum Gasteiger partial charge on any atom is 0.309 e. The second kappa shape index (κ2) is 5.48. The van der Waals surface area contributed by atoms with Crippen LogP contribution in [-0.4, -0.2) is 19.0 Å². The quantitative estimate of drug-likeness (QED) is 0.353. The lowest BCUT2D eigenvalue weighted by atomic mass is 10.1. The van der Waals surface area contributed by atoms with E-state index in [0.717, 1.165) is 0 Å². The zero-order chi connectivity index (χ0) is 12.1. The molecule has 0 aliphatic rings. The number of esters is 1. The lowest BCUT2D eigenvalue weighted by Crippen LogP contribution is -2.30. The second-order valence-electron chi connectivity index (χ2n) is 3.04. The van der Waals surface area contributed by atoms with Gasteiger partial charge in [0, 0.05) is 0 Å². The van der Waals surface area contributed by atoms with Crippen LogP contribution in [0, 0.1) is 0 Å². The lowest BCUT2D eigenvalue weighted by Gasteiger charge is -2.05. The topological polar surface area (TPSA) is 81.4 Å². The summed E-state index contributed by atoms with van der Waals surface area (Å²) in [5, 5.41) is 0.240. The number of benzene rings is 1. The van der Waals surface area contributed by atoms with Crippen LogP contribution in [0.2, 0.25) is 5.02 Å². The van der Waals surface area contributed by atoms with E-state index >= 15 is 0 Å².